The second kappa shape index (κ2) is 5.11. The van der Waals surface area contributed by atoms with Crippen molar-refractivity contribution in [2.75, 3.05) is 19.6 Å². The fourth-order valence-electron chi connectivity index (χ4n) is 1.91. The molecule has 0 aromatic carbocycles. The molecule has 0 spiro atoms. The van der Waals surface area contributed by atoms with E-state index in [9.17, 15) is 9.59 Å². The van der Waals surface area contributed by atoms with E-state index >= 15 is 0 Å². The van der Waals surface area contributed by atoms with Gasteiger partial charge in [-0.15, -0.1) is 0 Å². The average molecular weight is 236 g/mol. The first kappa shape index (κ1) is 11.8. The zero-order valence-electron chi connectivity index (χ0n) is 9.48. The zero-order chi connectivity index (χ0) is 12.3. The number of rotatable bonds is 3. The van der Waals surface area contributed by atoms with Crippen molar-refractivity contribution in [1.29, 1.82) is 0 Å². The lowest BCUT2D eigenvalue weighted by Crippen LogP contribution is -2.40. The van der Waals surface area contributed by atoms with Crippen molar-refractivity contribution in [3.8, 4) is 0 Å². The van der Waals surface area contributed by atoms with Gasteiger partial charge in [0, 0.05) is 25.3 Å². The number of nitrogens with two attached hydrogens (primary N) is 1. The number of likely N-dealkylation sites (tertiary alicyclic amines) is 1. The number of amides is 2. The van der Waals surface area contributed by atoms with E-state index in [0.29, 0.717) is 12.2 Å². The molecule has 2 heterocycles. The van der Waals surface area contributed by atoms with Crippen LogP contribution in [0.4, 0.5) is 0 Å². The van der Waals surface area contributed by atoms with Gasteiger partial charge in [-0.25, -0.2) is 0 Å². The second-order valence-electron chi connectivity index (χ2n) is 4.24. The molecule has 1 fully saturated rings. The normalized spacial score (nSPS) is 20.4. The van der Waals surface area contributed by atoms with Crippen LogP contribution in [0, 0.1) is 0 Å². The Labute approximate surface area is 99.2 Å². The summed E-state index contributed by atoms with van der Waals surface area (Å²) in [4.78, 5) is 27.8. The molecule has 1 aromatic rings. The van der Waals surface area contributed by atoms with E-state index in [0.717, 1.165) is 13.0 Å². The molecule has 0 bridgehead atoms. The van der Waals surface area contributed by atoms with Gasteiger partial charge in [-0.05, 0) is 18.6 Å². The van der Waals surface area contributed by atoms with Crippen LogP contribution in [0.15, 0.2) is 18.3 Å². The first-order valence-corrected chi connectivity index (χ1v) is 5.60. The molecule has 17 heavy (non-hydrogen) atoms. The van der Waals surface area contributed by atoms with Crippen LogP contribution in [0.25, 0.3) is 0 Å². The third-order valence-electron chi connectivity index (χ3n) is 2.77. The summed E-state index contributed by atoms with van der Waals surface area (Å²) >= 11 is 0. The molecule has 1 aliphatic heterocycles. The van der Waals surface area contributed by atoms with Crippen LogP contribution >= 0.6 is 0 Å². The minimum Gasteiger partial charge on any atom is -0.357 e. The lowest BCUT2D eigenvalue weighted by atomic mass is 10.3. The van der Waals surface area contributed by atoms with Crippen molar-refractivity contribution in [1.82, 2.24) is 15.2 Å². The molecule has 1 aromatic heterocycles. The monoisotopic (exact) mass is 236 g/mol. The molecule has 6 nitrogen and oxygen atoms in total. The number of carbonyl (C=O) groups is 2. The number of H-pyrrole nitrogens is 1. The molecule has 6 heteroatoms. The Morgan fingerprint density at radius 1 is 1.59 bits per heavy atom. The summed E-state index contributed by atoms with van der Waals surface area (Å²) in [5, 5.41) is 2.33. The second-order valence-corrected chi connectivity index (χ2v) is 4.24. The maximum Gasteiger partial charge on any atom is 0.274 e. The highest BCUT2D eigenvalue weighted by molar-refractivity contribution is 6.04. The highest BCUT2D eigenvalue weighted by atomic mass is 16.2. The van der Waals surface area contributed by atoms with Crippen molar-refractivity contribution in [3.63, 3.8) is 0 Å². The van der Waals surface area contributed by atoms with Crippen LogP contribution in [0.1, 0.15) is 16.9 Å². The van der Waals surface area contributed by atoms with Crippen LogP contribution in [-0.4, -0.2) is 47.4 Å². The quantitative estimate of drug-likeness (QED) is 0.647. The summed E-state index contributed by atoms with van der Waals surface area (Å²) in [5.41, 5.74) is 6.12. The van der Waals surface area contributed by atoms with Gasteiger partial charge in [0.1, 0.15) is 5.69 Å². The molecule has 2 rings (SSSR count). The topological polar surface area (TPSA) is 91.2 Å². The first-order chi connectivity index (χ1) is 8.15. The van der Waals surface area contributed by atoms with Crippen molar-refractivity contribution < 1.29 is 9.59 Å². The predicted molar refractivity (Wildman–Crippen MR) is 62.3 cm³/mol. The zero-order valence-corrected chi connectivity index (χ0v) is 9.48. The van der Waals surface area contributed by atoms with E-state index in [2.05, 4.69) is 10.3 Å². The SMILES string of the molecule is NC1CCN(CC(=O)NC(=O)c2ccc[nH]2)C1. The molecule has 2 amide bonds. The van der Waals surface area contributed by atoms with Gasteiger partial charge in [-0.1, -0.05) is 0 Å². The summed E-state index contributed by atoms with van der Waals surface area (Å²) in [6.45, 7) is 1.75. The van der Waals surface area contributed by atoms with Crippen LogP contribution < -0.4 is 11.1 Å². The lowest BCUT2D eigenvalue weighted by molar-refractivity contribution is -0.121. The molecular formula is C11H16N4O2. The van der Waals surface area contributed by atoms with Gasteiger partial charge in [-0.3, -0.25) is 19.8 Å². The number of aromatic amines is 1. The van der Waals surface area contributed by atoms with Crippen LogP contribution in [0.3, 0.4) is 0 Å². The molecule has 4 N–H and O–H groups in total. The van der Waals surface area contributed by atoms with Crippen LogP contribution in [-0.2, 0) is 4.79 Å². The number of nitrogens with one attached hydrogen (secondary N) is 2. The van der Waals surface area contributed by atoms with E-state index in [-0.39, 0.29) is 18.5 Å². The summed E-state index contributed by atoms with van der Waals surface area (Å²) in [6.07, 6.45) is 2.54. The van der Waals surface area contributed by atoms with E-state index in [4.69, 9.17) is 5.73 Å². The Balaban J connectivity index is 1.79. The molecule has 0 aliphatic carbocycles. The Morgan fingerprint density at radius 3 is 3.00 bits per heavy atom. The van der Waals surface area contributed by atoms with Crippen molar-refractivity contribution in [2.45, 2.75) is 12.5 Å². The van der Waals surface area contributed by atoms with Crippen molar-refractivity contribution in [2.24, 2.45) is 5.73 Å². The molecule has 92 valence electrons. The Hall–Kier alpha value is -1.66. The summed E-state index contributed by atoms with van der Waals surface area (Å²) in [6, 6.07) is 3.47. The van der Waals surface area contributed by atoms with Gasteiger partial charge in [0.15, 0.2) is 0 Å². The lowest BCUT2D eigenvalue weighted by Gasteiger charge is -2.13. The standard InChI is InChI=1S/C11H16N4O2/c12-8-3-5-15(6-8)7-10(16)14-11(17)9-2-1-4-13-9/h1-2,4,8,13H,3,5-7,12H2,(H,14,16,17). The minimum atomic E-state index is -0.400. The molecule has 0 radical (unpaired) electrons. The van der Waals surface area contributed by atoms with Crippen molar-refractivity contribution in [3.05, 3.63) is 24.0 Å². The number of hydrogen-bond acceptors (Lipinski definition) is 4. The first-order valence-electron chi connectivity index (χ1n) is 5.60. The third-order valence-corrected chi connectivity index (χ3v) is 2.77. The Bertz CT molecular complexity index is 402. The van der Waals surface area contributed by atoms with Crippen LogP contribution in [0.2, 0.25) is 0 Å². The highest BCUT2D eigenvalue weighted by Crippen LogP contribution is 2.05. The molecular weight excluding hydrogens is 220 g/mol. The highest BCUT2D eigenvalue weighted by Gasteiger charge is 2.21. The van der Waals surface area contributed by atoms with Gasteiger partial charge >= 0.3 is 0 Å². The van der Waals surface area contributed by atoms with Crippen molar-refractivity contribution >= 4 is 11.8 Å². The van der Waals surface area contributed by atoms with E-state index < -0.39 is 5.91 Å². The largest absolute Gasteiger partial charge is 0.357 e. The average Bonchev–Trinajstić information content (AvgIpc) is 2.89. The maximum atomic E-state index is 11.6. The third kappa shape index (κ3) is 3.15. The predicted octanol–water partition coefficient (Wildman–Crippen LogP) is -0.696. The molecule has 1 atom stereocenters. The summed E-state index contributed by atoms with van der Waals surface area (Å²) in [7, 11) is 0. The number of imide groups is 1. The van der Waals surface area contributed by atoms with Gasteiger partial charge in [-0.2, -0.15) is 0 Å². The minimum absolute atomic E-state index is 0.141. The fourth-order valence-corrected chi connectivity index (χ4v) is 1.91. The van der Waals surface area contributed by atoms with E-state index in [1.54, 1.807) is 18.3 Å². The summed E-state index contributed by atoms with van der Waals surface area (Å²) < 4.78 is 0. The number of aromatic nitrogens is 1. The molecule has 1 aliphatic rings. The van der Waals surface area contributed by atoms with Gasteiger partial charge < -0.3 is 10.7 Å². The van der Waals surface area contributed by atoms with E-state index in [1.807, 2.05) is 4.90 Å². The number of hydrogen-bond donors (Lipinski definition) is 3. The number of nitrogens with zero attached hydrogens (tertiary/aromatic N) is 1. The molecule has 1 unspecified atom stereocenters. The molecule has 1 saturated heterocycles. The number of carbonyl (C=O) groups excluding carboxylic acids is 2. The molecule has 0 saturated carbocycles. The van der Waals surface area contributed by atoms with Gasteiger partial charge in [0.25, 0.3) is 5.91 Å². The van der Waals surface area contributed by atoms with Crippen LogP contribution in [0.5, 0.6) is 0 Å². The Morgan fingerprint density at radius 2 is 2.41 bits per heavy atom. The van der Waals surface area contributed by atoms with Gasteiger partial charge in [0.05, 0.1) is 6.54 Å². The summed E-state index contributed by atoms with van der Waals surface area (Å²) in [5.74, 6) is -0.692. The fraction of sp³-hybridized carbons (Fsp3) is 0.455. The van der Waals surface area contributed by atoms with Gasteiger partial charge in [0.2, 0.25) is 5.91 Å². The smallest absolute Gasteiger partial charge is 0.274 e. The maximum absolute atomic E-state index is 11.6. The van der Waals surface area contributed by atoms with E-state index in [1.165, 1.54) is 0 Å². The Kier molecular flexibility index (Phi) is 3.55.